The van der Waals surface area contributed by atoms with Crippen molar-refractivity contribution in [2.24, 2.45) is 17.8 Å². The van der Waals surface area contributed by atoms with Crippen molar-refractivity contribution in [2.45, 2.75) is 38.7 Å². The maximum atomic E-state index is 11.9. The molecule has 1 fully saturated rings. The van der Waals surface area contributed by atoms with E-state index in [1.165, 1.54) is 0 Å². The normalized spacial score (nSPS) is 28.3. The molecule has 1 aliphatic carbocycles. The van der Waals surface area contributed by atoms with Crippen LogP contribution in [-0.4, -0.2) is 39.1 Å². The fraction of sp³-hybridized carbons (Fsp3) is 0.750. The number of carboxylic acids is 2. The van der Waals surface area contributed by atoms with Crippen LogP contribution in [0.4, 0.5) is 0 Å². The minimum absolute atomic E-state index is 0. The molecular formula is C12H18AcO6. The fourth-order valence-electron chi connectivity index (χ4n) is 2.42. The second-order valence-corrected chi connectivity index (χ2v) is 4.89. The van der Waals surface area contributed by atoms with Gasteiger partial charge in [0.15, 0.2) is 5.78 Å². The third-order valence-corrected chi connectivity index (χ3v) is 3.60. The second kappa shape index (κ2) is 8.33. The van der Waals surface area contributed by atoms with Gasteiger partial charge in [-0.25, -0.2) is 0 Å². The van der Waals surface area contributed by atoms with Crippen molar-refractivity contribution >= 4 is 17.7 Å². The largest absolute Gasteiger partial charge is 0.481 e. The predicted molar refractivity (Wildman–Crippen MR) is 60.9 cm³/mol. The number of Topliss-reactive ketones (excluding diaryl/α,β-unsaturated/α-hetero) is 1. The van der Waals surface area contributed by atoms with E-state index in [9.17, 15) is 19.5 Å². The molecule has 0 heterocycles. The Balaban J connectivity index is 0.00000324. The molecule has 3 N–H and O–H groups in total. The molecular weight excluding hydrogens is 467 g/mol. The van der Waals surface area contributed by atoms with Crippen LogP contribution in [0.15, 0.2) is 0 Å². The Morgan fingerprint density at radius 3 is 2.37 bits per heavy atom. The molecule has 1 saturated carbocycles. The summed E-state index contributed by atoms with van der Waals surface area (Å²) in [5.41, 5.74) is 0. The van der Waals surface area contributed by atoms with Gasteiger partial charge >= 0.3 is 11.9 Å². The summed E-state index contributed by atoms with van der Waals surface area (Å²) in [7, 11) is 0. The molecule has 6 nitrogen and oxygen atoms in total. The van der Waals surface area contributed by atoms with Gasteiger partial charge in [-0.15, -0.1) is 0 Å². The van der Waals surface area contributed by atoms with E-state index in [0.717, 1.165) is 0 Å². The van der Waals surface area contributed by atoms with Crippen molar-refractivity contribution in [3.8, 4) is 0 Å². The van der Waals surface area contributed by atoms with Crippen molar-refractivity contribution in [1.29, 1.82) is 0 Å². The summed E-state index contributed by atoms with van der Waals surface area (Å²) >= 11 is 0. The third-order valence-electron chi connectivity index (χ3n) is 3.60. The van der Waals surface area contributed by atoms with Crippen LogP contribution in [0.5, 0.6) is 0 Å². The Labute approximate surface area is 147 Å². The molecule has 0 spiro atoms. The first-order valence-corrected chi connectivity index (χ1v) is 6.01. The number of carboxylic acid groups (broad SMARTS) is 2. The van der Waals surface area contributed by atoms with Gasteiger partial charge in [0.2, 0.25) is 0 Å². The molecule has 0 aromatic heterocycles. The Kier molecular flexibility index (Phi) is 8.34. The summed E-state index contributed by atoms with van der Waals surface area (Å²) < 4.78 is 0. The van der Waals surface area contributed by atoms with Crippen LogP contribution >= 0.6 is 0 Å². The summed E-state index contributed by atoms with van der Waals surface area (Å²) in [6.45, 7) is 1.74. The molecule has 4 atom stereocenters. The number of rotatable bonds is 5. The first-order chi connectivity index (χ1) is 8.34. The zero-order valence-electron chi connectivity index (χ0n) is 10.8. The minimum atomic E-state index is -1.17. The van der Waals surface area contributed by atoms with Crippen LogP contribution in [0.25, 0.3) is 0 Å². The number of carbonyl (C=O) groups is 3. The number of aliphatic hydroxyl groups is 1. The molecule has 0 aromatic rings. The number of hydrogen-bond acceptors (Lipinski definition) is 4. The molecule has 7 heteroatoms. The van der Waals surface area contributed by atoms with E-state index in [4.69, 9.17) is 10.2 Å². The van der Waals surface area contributed by atoms with Crippen molar-refractivity contribution in [1.82, 2.24) is 0 Å². The fourth-order valence-corrected chi connectivity index (χ4v) is 2.42. The van der Waals surface area contributed by atoms with Gasteiger partial charge in [0, 0.05) is 56.4 Å². The molecule has 0 saturated heterocycles. The molecule has 0 aliphatic heterocycles. The van der Waals surface area contributed by atoms with E-state index in [2.05, 4.69) is 0 Å². The van der Waals surface area contributed by atoms with Crippen molar-refractivity contribution in [2.75, 3.05) is 0 Å². The maximum Gasteiger partial charge on any atom is 0.307 e. The van der Waals surface area contributed by atoms with Gasteiger partial charge in [0.05, 0.1) is 5.92 Å². The molecule has 0 bridgehead atoms. The SMILES string of the molecule is CC1CCC(C(CCC(=O)O)C(=O)O)C(=O)C1O.[Ac]. The molecule has 0 aromatic carbocycles. The summed E-state index contributed by atoms with van der Waals surface area (Å²) in [5.74, 6) is -4.67. The second-order valence-electron chi connectivity index (χ2n) is 4.89. The summed E-state index contributed by atoms with van der Waals surface area (Å²) in [5, 5.41) is 27.3. The van der Waals surface area contributed by atoms with Gasteiger partial charge in [0.1, 0.15) is 6.10 Å². The van der Waals surface area contributed by atoms with E-state index >= 15 is 0 Å². The van der Waals surface area contributed by atoms with E-state index < -0.39 is 35.7 Å². The van der Waals surface area contributed by atoms with Gasteiger partial charge in [-0.05, 0) is 25.2 Å². The van der Waals surface area contributed by atoms with Gasteiger partial charge in [0.25, 0.3) is 0 Å². The summed E-state index contributed by atoms with van der Waals surface area (Å²) in [6.07, 6.45) is -0.521. The Morgan fingerprint density at radius 2 is 1.89 bits per heavy atom. The quantitative estimate of drug-likeness (QED) is 0.524. The van der Waals surface area contributed by atoms with Crippen LogP contribution in [0, 0.1) is 61.8 Å². The zero-order chi connectivity index (χ0) is 13.9. The average Bonchev–Trinajstić information content (AvgIpc) is 2.28. The number of aliphatic hydroxyl groups excluding tert-OH is 1. The number of hydrogen-bond donors (Lipinski definition) is 3. The zero-order valence-corrected chi connectivity index (χ0v) is 15.5. The van der Waals surface area contributed by atoms with Crippen LogP contribution in [0.2, 0.25) is 0 Å². The topological polar surface area (TPSA) is 112 Å². The van der Waals surface area contributed by atoms with Crippen molar-refractivity contribution in [3.63, 3.8) is 0 Å². The number of carbonyl (C=O) groups excluding carboxylic acids is 1. The van der Waals surface area contributed by atoms with E-state index in [0.29, 0.717) is 12.8 Å². The molecule has 0 amide bonds. The van der Waals surface area contributed by atoms with Crippen LogP contribution in [0.1, 0.15) is 32.6 Å². The Bertz CT molecular complexity index is 356. The predicted octanol–water partition coefficient (Wildman–Crippen LogP) is 0.528. The molecule has 4 unspecified atom stereocenters. The maximum absolute atomic E-state index is 11.9. The Morgan fingerprint density at radius 1 is 1.32 bits per heavy atom. The molecule has 19 heavy (non-hydrogen) atoms. The molecule has 1 aliphatic rings. The van der Waals surface area contributed by atoms with Crippen LogP contribution < -0.4 is 0 Å². The van der Waals surface area contributed by atoms with Crippen LogP contribution in [0.3, 0.4) is 0 Å². The first-order valence-electron chi connectivity index (χ1n) is 6.01. The Hall–Kier alpha value is 0.0116. The summed E-state index contributed by atoms with van der Waals surface area (Å²) in [6, 6.07) is 0. The minimum Gasteiger partial charge on any atom is -0.481 e. The number of aliphatic carboxylic acids is 2. The van der Waals surface area contributed by atoms with E-state index in [-0.39, 0.29) is 62.8 Å². The first kappa shape index (κ1) is 19.0. The van der Waals surface area contributed by atoms with Gasteiger partial charge in [-0.1, -0.05) is 6.92 Å². The molecule has 105 valence electrons. The van der Waals surface area contributed by atoms with Gasteiger partial charge in [-0.3, -0.25) is 14.4 Å². The third kappa shape index (κ3) is 5.13. The monoisotopic (exact) mass is 485 g/mol. The van der Waals surface area contributed by atoms with E-state index in [1.54, 1.807) is 6.92 Å². The van der Waals surface area contributed by atoms with E-state index in [1.807, 2.05) is 0 Å². The average molecular weight is 485 g/mol. The molecule has 1 radical (unpaired) electrons. The van der Waals surface area contributed by atoms with Crippen LogP contribution in [-0.2, 0) is 14.4 Å². The molecule has 1 rings (SSSR count). The summed E-state index contributed by atoms with van der Waals surface area (Å²) in [4.78, 5) is 33.5. The van der Waals surface area contributed by atoms with Gasteiger partial charge in [-0.2, -0.15) is 0 Å². The number of ketones is 1. The standard InChI is InChI=1S/C12H18O6.Ac/c1-6-2-3-7(11(16)10(6)15)8(12(17)18)4-5-9(13)14;/h6-8,10,15H,2-5H2,1H3,(H,13,14)(H,17,18);. The van der Waals surface area contributed by atoms with Gasteiger partial charge < -0.3 is 15.3 Å². The van der Waals surface area contributed by atoms with Crippen molar-refractivity contribution < 1.29 is 73.8 Å². The smallest absolute Gasteiger partial charge is 0.307 e. The van der Waals surface area contributed by atoms with Crippen molar-refractivity contribution in [3.05, 3.63) is 0 Å².